The Balaban J connectivity index is 1.73. The topological polar surface area (TPSA) is 58.6 Å². The molecule has 0 aliphatic carbocycles. The number of amides is 2. The number of hydrogen-bond acceptors (Lipinski definition) is 3. The van der Waals surface area contributed by atoms with Crippen molar-refractivity contribution in [1.29, 1.82) is 0 Å². The molecule has 0 atom stereocenters. The summed E-state index contributed by atoms with van der Waals surface area (Å²) in [7, 11) is 1.57. The van der Waals surface area contributed by atoms with Gasteiger partial charge >= 0.3 is 0 Å². The van der Waals surface area contributed by atoms with Crippen LogP contribution in [0.4, 0.5) is 11.4 Å². The Hall–Kier alpha value is -2.82. The van der Waals surface area contributed by atoms with Gasteiger partial charge in [-0.1, -0.05) is 24.3 Å². The van der Waals surface area contributed by atoms with E-state index in [9.17, 15) is 9.59 Å². The lowest BCUT2D eigenvalue weighted by Gasteiger charge is -2.19. The molecular weight excluding hydrogens is 316 g/mol. The number of nitrogens with one attached hydrogen (secondary N) is 1. The first-order valence-corrected chi connectivity index (χ1v) is 8.41. The summed E-state index contributed by atoms with van der Waals surface area (Å²) in [6.45, 7) is 2.70. The molecule has 130 valence electrons. The Kier molecular flexibility index (Phi) is 5.03. The molecule has 5 heteroatoms. The summed E-state index contributed by atoms with van der Waals surface area (Å²) in [6.07, 6.45) is 1.75. The molecule has 1 N–H and O–H groups in total. The molecule has 25 heavy (non-hydrogen) atoms. The molecule has 3 rings (SSSR count). The third-order valence-electron chi connectivity index (χ3n) is 4.44. The van der Waals surface area contributed by atoms with Crippen LogP contribution < -0.4 is 15.0 Å². The van der Waals surface area contributed by atoms with Crippen LogP contribution >= 0.6 is 0 Å². The number of methoxy groups -OCH3 is 1. The molecular formula is C20H22N2O3. The second-order valence-corrected chi connectivity index (χ2v) is 6.19. The van der Waals surface area contributed by atoms with E-state index in [4.69, 9.17) is 4.74 Å². The Morgan fingerprint density at radius 3 is 2.72 bits per heavy atom. The molecule has 0 bridgehead atoms. The van der Waals surface area contributed by atoms with Crippen molar-refractivity contribution in [2.45, 2.75) is 26.2 Å². The zero-order valence-electron chi connectivity index (χ0n) is 14.5. The van der Waals surface area contributed by atoms with Crippen LogP contribution in [0.15, 0.2) is 42.5 Å². The van der Waals surface area contributed by atoms with E-state index >= 15 is 0 Å². The summed E-state index contributed by atoms with van der Waals surface area (Å²) in [6, 6.07) is 13.2. The van der Waals surface area contributed by atoms with Gasteiger partial charge in [0.05, 0.1) is 19.2 Å². The number of carbonyl (C=O) groups excluding carboxylic acids is 2. The molecule has 1 aliphatic heterocycles. The number of nitrogens with zero attached hydrogens (tertiary/aromatic N) is 1. The highest BCUT2D eigenvalue weighted by molar-refractivity contribution is 5.98. The fraction of sp³-hybridized carbons (Fsp3) is 0.300. The third kappa shape index (κ3) is 3.82. The maximum atomic E-state index is 12.3. The molecule has 1 fully saturated rings. The van der Waals surface area contributed by atoms with Gasteiger partial charge in [-0.25, -0.2) is 0 Å². The lowest BCUT2D eigenvalue weighted by Crippen LogP contribution is -2.24. The first-order valence-electron chi connectivity index (χ1n) is 8.41. The SMILES string of the molecule is COc1cc(NC(=O)Cc2ccccc2C)ccc1N1CCCC1=O. The number of benzene rings is 2. The fourth-order valence-electron chi connectivity index (χ4n) is 3.07. The normalized spacial score (nSPS) is 13.8. The molecule has 1 heterocycles. The molecule has 1 aliphatic rings. The number of hydrogen-bond donors (Lipinski definition) is 1. The minimum Gasteiger partial charge on any atom is -0.494 e. The Bertz CT molecular complexity index is 801. The van der Waals surface area contributed by atoms with E-state index in [1.165, 1.54) is 0 Å². The van der Waals surface area contributed by atoms with E-state index in [0.717, 1.165) is 23.2 Å². The van der Waals surface area contributed by atoms with Crippen molar-refractivity contribution in [3.8, 4) is 5.75 Å². The average Bonchev–Trinajstić information content (AvgIpc) is 3.02. The molecule has 1 saturated heterocycles. The van der Waals surface area contributed by atoms with Crippen molar-refractivity contribution in [2.24, 2.45) is 0 Å². The van der Waals surface area contributed by atoms with E-state index in [1.54, 1.807) is 24.1 Å². The summed E-state index contributed by atoms with van der Waals surface area (Å²) in [4.78, 5) is 26.0. The molecule has 2 aromatic rings. The van der Waals surface area contributed by atoms with Crippen LogP contribution in [0.5, 0.6) is 5.75 Å². The van der Waals surface area contributed by atoms with E-state index in [0.29, 0.717) is 30.8 Å². The summed E-state index contributed by atoms with van der Waals surface area (Å²) in [5.41, 5.74) is 3.51. The zero-order chi connectivity index (χ0) is 17.8. The first-order chi connectivity index (χ1) is 12.1. The van der Waals surface area contributed by atoms with Crippen LogP contribution in [0.2, 0.25) is 0 Å². The molecule has 0 unspecified atom stereocenters. The second kappa shape index (κ2) is 7.38. The molecule has 5 nitrogen and oxygen atoms in total. The summed E-state index contributed by atoms with van der Waals surface area (Å²) < 4.78 is 5.42. The highest BCUT2D eigenvalue weighted by atomic mass is 16.5. The number of carbonyl (C=O) groups is 2. The van der Waals surface area contributed by atoms with Crippen molar-refractivity contribution >= 4 is 23.2 Å². The maximum absolute atomic E-state index is 12.3. The summed E-state index contributed by atoms with van der Waals surface area (Å²) in [5.74, 6) is 0.611. The molecule has 0 aromatic heterocycles. The predicted molar refractivity (Wildman–Crippen MR) is 98.1 cm³/mol. The monoisotopic (exact) mass is 338 g/mol. The second-order valence-electron chi connectivity index (χ2n) is 6.19. The maximum Gasteiger partial charge on any atom is 0.228 e. The van der Waals surface area contributed by atoms with Crippen molar-refractivity contribution in [1.82, 2.24) is 0 Å². The lowest BCUT2D eigenvalue weighted by molar-refractivity contribution is -0.117. The van der Waals surface area contributed by atoms with Gasteiger partial charge < -0.3 is 15.0 Å². The van der Waals surface area contributed by atoms with E-state index < -0.39 is 0 Å². The van der Waals surface area contributed by atoms with Crippen molar-refractivity contribution in [3.05, 3.63) is 53.6 Å². The third-order valence-corrected chi connectivity index (χ3v) is 4.44. The minimum atomic E-state index is -0.0821. The van der Waals surface area contributed by atoms with Gasteiger partial charge in [0, 0.05) is 24.7 Å². The molecule has 0 radical (unpaired) electrons. The van der Waals surface area contributed by atoms with Crippen LogP contribution in [0.1, 0.15) is 24.0 Å². The molecule has 0 saturated carbocycles. The smallest absolute Gasteiger partial charge is 0.228 e. The fourth-order valence-corrected chi connectivity index (χ4v) is 3.07. The first kappa shape index (κ1) is 17.0. The van der Waals surface area contributed by atoms with Crippen LogP contribution in [-0.4, -0.2) is 25.5 Å². The largest absolute Gasteiger partial charge is 0.494 e. The van der Waals surface area contributed by atoms with Crippen LogP contribution in [0, 0.1) is 6.92 Å². The quantitative estimate of drug-likeness (QED) is 0.910. The van der Waals surface area contributed by atoms with Crippen LogP contribution in [0.25, 0.3) is 0 Å². The minimum absolute atomic E-state index is 0.0821. The number of anilines is 2. The zero-order valence-corrected chi connectivity index (χ0v) is 14.5. The van der Waals surface area contributed by atoms with Gasteiger partial charge in [0.15, 0.2) is 0 Å². The number of rotatable bonds is 5. The number of aryl methyl sites for hydroxylation is 1. The van der Waals surface area contributed by atoms with Gasteiger partial charge in [-0.3, -0.25) is 9.59 Å². The van der Waals surface area contributed by atoms with Gasteiger partial charge in [-0.15, -0.1) is 0 Å². The standard InChI is InChI=1S/C20H22N2O3/c1-14-6-3-4-7-15(14)12-19(23)21-16-9-10-17(18(13-16)25-2)22-11-5-8-20(22)24/h3-4,6-7,9-10,13H,5,8,11-12H2,1-2H3,(H,21,23). The molecule has 2 amide bonds. The Morgan fingerprint density at radius 1 is 1.24 bits per heavy atom. The molecule has 2 aromatic carbocycles. The molecule has 0 spiro atoms. The van der Waals surface area contributed by atoms with E-state index in [-0.39, 0.29) is 11.8 Å². The van der Waals surface area contributed by atoms with Crippen molar-refractivity contribution in [3.63, 3.8) is 0 Å². The Morgan fingerprint density at radius 2 is 2.04 bits per heavy atom. The average molecular weight is 338 g/mol. The van der Waals surface area contributed by atoms with E-state index in [2.05, 4.69) is 5.32 Å². The summed E-state index contributed by atoms with van der Waals surface area (Å²) in [5, 5.41) is 2.90. The van der Waals surface area contributed by atoms with Gasteiger partial charge in [0.25, 0.3) is 0 Å². The van der Waals surface area contributed by atoms with Crippen LogP contribution in [0.3, 0.4) is 0 Å². The van der Waals surface area contributed by atoms with Crippen LogP contribution in [-0.2, 0) is 16.0 Å². The lowest BCUT2D eigenvalue weighted by atomic mass is 10.1. The van der Waals surface area contributed by atoms with Crippen molar-refractivity contribution in [2.75, 3.05) is 23.9 Å². The number of ether oxygens (including phenoxy) is 1. The van der Waals surface area contributed by atoms with Gasteiger partial charge in [0.2, 0.25) is 11.8 Å². The van der Waals surface area contributed by atoms with Gasteiger partial charge in [-0.2, -0.15) is 0 Å². The summed E-state index contributed by atoms with van der Waals surface area (Å²) >= 11 is 0. The highest BCUT2D eigenvalue weighted by Gasteiger charge is 2.24. The van der Waals surface area contributed by atoms with E-state index in [1.807, 2.05) is 37.3 Å². The highest BCUT2D eigenvalue weighted by Crippen LogP contribution is 2.33. The predicted octanol–water partition coefficient (Wildman–Crippen LogP) is 3.31. The van der Waals surface area contributed by atoms with Gasteiger partial charge in [-0.05, 0) is 36.6 Å². The van der Waals surface area contributed by atoms with Gasteiger partial charge in [0.1, 0.15) is 5.75 Å². The van der Waals surface area contributed by atoms with Crippen molar-refractivity contribution < 1.29 is 14.3 Å². The Labute approximate surface area is 147 Å².